The Morgan fingerprint density at radius 1 is 1.18 bits per heavy atom. The van der Waals surface area contributed by atoms with E-state index in [4.69, 9.17) is 0 Å². The fourth-order valence-corrected chi connectivity index (χ4v) is 2.39. The van der Waals surface area contributed by atoms with Crippen LogP contribution in [0, 0.1) is 5.92 Å². The van der Waals surface area contributed by atoms with Crippen LogP contribution >= 0.6 is 0 Å². The first-order chi connectivity index (χ1) is 7.89. The molecule has 0 aromatic rings. The van der Waals surface area contributed by atoms with Crippen LogP contribution in [0.2, 0.25) is 0 Å². The standard InChI is InChI=1S/C15H34N2/c1-8-10-11-13(9-2)12-14(16-5)15(3,4)17(6)7/h13-14,16H,8-12H2,1-7H3. The minimum absolute atomic E-state index is 0.217. The Bertz CT molecular complexity index is 187. The highest BCUT2D eigenvalue weighted by Gasteiger charge is 2.31. The van der Waals surface area contributed by atoms with Gasteiger partial charge < -0.3 is 10.2 Å². The lowest BCUT2D eigenvalue weighted by atomic mass is 9.83. The van der Waals surface area contributed by atoms with E-state index in [1.54, 1.807) is 0 Å². The summed E-state index contributed by atoms with van der Waals surface area (Å²) in [7, 11) is 6.46. The molecule has 2 unspecified atom stereocenters. The normalized spacial score (nSPS) is 16.2. The summed E-state index contributed by atoms with van der Waals surface area (Å²) in [6, 6.07) is 0.569. The molecule has 0 rings (SSSR count). The number of hydrogen-bond donors (Lipinski definition) is 1. The number of nitrogens with one attached hydrogen (secondary N) is 1. The van der Waals surface area contributed by atoms with Gasteiger partial charge in [-0.25, -0.2) is 0 Å². The molecule has 2 atom stereocenters. The fourth-order valence-electron chi connectivity index (χ4n) is 2.39. The van der Waals surface area contributed by atoms with Crippen molar-refractivity contribution in [3.05, 3.63) is 0 Å². The van der Waals surface area contributed by atoms with E-state index in [1.165, 1.54) is 32.1 Å². The molecule has 0 aliphatic rings. The summed E-state index contributed by atoms with van der Waals surface area (Å²) in [5, 5.41) is 3.52. The Labute approximate surface area is 109 Å². The number of rotatable bonds is 9. The van der Waals surface area contributed by atoms with Crippen molar-refractivity contribution in [1.82, 2.24) is 10.2 Å². The Kier molecular flexibility index (Phi) is 8.06. The molecule has 0 radical (unpaired) electrons. The van der Waals surface area contributed by atoms with E-state index in [1.807, 2.05) is 0 Å². The summed E-state index contributed by atoms with van der Waals surface area (Å²) in [6.45, 7) is 9.28. The third kappa shape index (κ3) is 5.39. The molecule has 0 saturated heterocycles. The van der Waals surface area contributed by atoms with Crippen molar-refractivity contribution in [3.8, 4) is 0 Å². The van der Waals surface area contributed by atoms with Gasteiger partial charge in [0.2, 0.25) is 0 Å². The third-order valence-electron chi connectivity index (χ3n) is 4.47. The largest absolute Gasteiger partial charge is 0.315 e. The summed E-state index contributed by atoms with van der Waals surface area (Å²) in [6.07, 6.45) is 6.67. The van der Waals surface area contributed by atoms with Crippen molar-refractivity contribution in [1.29, 1.82) is 0 Å². The molecule has 0 aromatic carbocycles. The summed E-state index contributed by atoms with van der Waals surface area (Å²) < 4.78 is 0. The third-order valence-corrected chi connectivity index (χ3v) is 4.47. The second kappa shape index (κ2) is 8.10. The monoisotopic (exact) mass is 242 g/mol. The maximum absolute atomic E-state index is 3.52. The van der Waals surface area contributed by atoms with E-state index >= 15 is 0 Å². The smallest absolute Gasteiger partial charge is 0.0300 e. The van der Waals surface area contributed by atoms with Crippen LogP contribution in [-0.2, 0) is 0 Å². The molecule has 0 heterocycles. The summed E-state index contributed by atoms with van der Waals surface area (Å²) in [5.74, 6) is 0.867. The zero-order valence-corrected chi connectivity index (χ0v) is 13.1. The maximum atomic E-state index is 3.52. The van der Waals surface area contributed by atoms with Crippen LogP contribution in [0.3, 0.4) is 0 Å². The van der Waals surface area contributed by atoms with Crippen molar-refractivity contribution >= 4 is 0 Å². The van der Waals surface area contributed by atoms with Crippen molar-refractivity contribution in [2.45, 2.75) is 71.4 Å². The Morgan fingerprint density at radius 3 is 2.12 bits per heavy atom. The molecule has 0 fully saturated rings. The van der Waals surface area contributed by atoms with Crippen LogP contribution in [0.15, 0.2) is 0 Å². The minimum atomic E-state index is 0.217. The van der Waals surface area contributed by atoms with Gasteiger partial charge in [-0.1, -0.05) is 39.5 Å². The van der Waals surface area contributed by atoms with Crippen molar-refractivity contribution < 1.29 is 0 Å². The molecule has 1 N–H and O–H groups in total. The van der Waals surface area contributed by atoms with Gasteiger partial charge in [0.1, 0.15) is 0 Å². The Balaban J connectivity index is 4.45. The first-order valence-electron chi connectivity index (χ1n) is 7.24. The van der Waals surface area contributed by atoms with E-state index in [2.05, 4.69) is 59.1 Å². The lowest BCUT2D eigenvalue weighted by Gasteiger charge is -2.41. The SMILES string of the molecule is CCCCC(CC)CC(NC)C(C)(C)N(C)C. The second-order valence-electron chi connectivity index (χ2n) is 6.04. The zero-order valence-electron chi connectivity index (χ0n) is 13.1. The van der Waals surface area contributed by atoms with Crippen molar-refractivity contribution in [2.24, 2.45) is 5.92 Å². The Morgan fingerprint density at radius 2 is 1.76 bits per heavy atom. The molecular formula is C15H34N2. The predicted molar refractivity (Wildman–Crippen MR) is 78.5 cm³/mol. The molecular weight excluding hydrogens is 208 g/mol. The van der Waals surface area contributed by atoms with Gasteiger partial charge in [0.15, 0.2) is 0 Å². The van der Waals surface area contributed by atoms with E-state index in [0.717, 1.165) is 5.92 Å². The van der Waals surface area contributed by atoms with E-state index in [0.29, 0.717) is 6.04 Å². The maximum Gasteiger partial charge on any atom is 0.0300 e. The fraction of sp³-hybridized carbons (Fsp3) is 1.00. The van der Waals surface area contributed by atoms with Crippen LogP contribution in [-0.4, -0.2) is 37.6 Å². The summed E-state index contributed by atoms with van der Waals surface area (Å²) in [5.41, 5.74) is 0.217. The first-order valence-corrected chi connectivity index (χ1v) is 7.24. The van der Waals surface area contributed by atoms with Crippen LogP contribution in [0.1, 0.15) is 59.8 Å². The summed E-state index contributed by atoms with van der Waals surface area (Å²) in [4.78, 5) is 2.33. The number of hydrogen-bond acceptors (Lipinski definition) is 2. The second-order valence-corrected chi connectivity index (χ2v) is 6.04. The predicted octanol–water partition coefficient (Wildman–Crippen LogP) is 3.52. The lowest BCUT2D eigenvalue weighted by molar-refractivity contribution is 0.123. The van der Waals surface area contributed by atoms with Crippen LogP contribution in [0.25, 0.3) is 0 Å². The van der Waals surface area contributed by atoms with Gasteiger partial charge in [0.25, 0.3) is 0 Å². The average molecular weight is 242 g/mol. The van der Waals surface area contributed by atoms with Crippen molar-refractivity contribution in [3.63, 3.8) is 0 Å². The number of nitrogens with zero attached hydrogens (tertiary/aromatic N) is 1. The van der Waals surface area contributed by atoms with Gasteiger partial charge in [0, 0.05) is 11.6 Å². The quantitative estimate of drug-likeness (QED) is 0.665. The van der Waals surface area contributed by atoms with Gasteiger partial charge in [0.05, 0.1) is 0 Å². The molecule has 2 heteroatoms. The molecule has 0 saturated carbocycles. The van der Waals surface area contributed by atoms with Crippen molar-refractivity contribution in [2.75, 3.05) is 21.1 Å². The van der Waals surface area contributed by atoms with E-state index in [-0.39, 0.29) is 5.54 Å². The van der Waals surface area contributed by atoms with Crippen LogP contribution < -0.4 is 5.32 Å². The van der Waals surface area contributed by atoms with E-state index < -0.39 is 0 Å². The zero-order chi connectivity index (χ0) is 13.5. The van der Waals surface area contributed by atoms with Gasteiger partial charge in [-0.2, -0.15) is 0 Å². The van der Waals surface area contributed by atoms with E-state index in [9.17, 15) is 0 Å². The average Bonchev–Trinajstić information content (AvgIpc) is 2.29. The topological polar surface area (TPSA) is 15.3 Å². The molecule has 0 aliphatic heterocycles. The molecule has 0 aliphatic carbocycles. The molecule has 2 nitrogen and oxygen atoms in total. The Hall–Kier alpha value is -0.0800. The summed E-state index contributed by atoms with van der Waals surface area (Å²) >= 11 is 0. The van der Waals surface area contributed by atoms with Crippen LogP contribution in [0.4, 0.5) is 0 Å². The molecule has 17 heavy (non-hydrogen) atoms. The number of likely N-dealkylation sites (N-methyl/N-ethyl adjacent to an activating group) is 2. The molecule has 0 bridgehead atoms. The molecule has 0 spiro atoms. The van der Waals surface area contributed by atoms with Gasteiger partial charge in [-0.3, -0.25) is 0 Å². The highest BCUT2D eigenvalue weighted by molar-refractivity contribution is 4.91. The highest BCUT2D eigenvalue weighted by Crippen LogP contribution is 2.25. The van der Waals surface area contributed by atoms with Crippen LogP contribution in [0.5, 0.6) is 0 Å². The first kappa shape index (κ1) is 16.9. The highest BCUT2D eigenvalue weighted by atomic mass is 15.2. The molecule has 0 amide bonds. The minimum Gasteiger partial charge on any atom is -0.315 e. The lowest BCUT2D eigenvalue weighted by Crippen LogP contribution is -2.54. The van der Waals surface area contributed by atoms with Gasteiger partial charge in [-0.15, -0.1) is 0 Å². The number of unbranched alkanes of at least 4 members (excludes halogenated alkanes) is 1. The van der Waals surface area contributed by atoms with Gasteiger partial charge in [-0.05, 0) is 47.3 Å². The molecule has 0 aromatic heterocycles. The van der Waals surface area contributed by atoms with Gasteiger partial charge >= 0.3 is 0 Å². The molecule has 104 valence electrons.